The van der Waals surface area contributed by atoms with E-state index >= 15 is 0 Å². The van der Waals surface area contributed by atoms with E-state index in [1.165, 1.54) is 6.20 Å². The van der Waals surface area contributed by atoms with Gasteiger partial charge in [0.2, 0.25) is 0 Å². The van der Waals surface area contributed by atoms with E-state index in [9.17, 15) is 18.0 Å². The summed E-state index contributed by atoms with van der Waals surface area (Å²) in [5.41, 5.74) is 1.32. The van der Waals surface area contributed by atoms with Gasteiger partial charge in [0.15, 0.2) is 5.69 Å². The predicted molar refractivity (Wildman–Crippen MR) is 128 cm³/mol. The molecule has 0 aliphatic carbocycles. The normalized spacial score (nSPS) is 14.9. The Morgan fingerprint density at radius 2 is 1.67 bits per heavy atom. The van der Waals surface area contributed by atoms with Crippen molar-refractivity contribution in [3.8, 4) is 16.9 Å². The number of hydrogen-bond acceptors (Lipinski definition) is 7. The molecule has 0 spiro atoms. The molecule has 1 aliphatic heterocycles. The molecule has 4 rings (SSSR count). The quantitative estimate of drug-likeness (QED) is 0.453. The summed E-state index contributed by atoms with van der Waals surface area (Å²) < 4.78 is 47.5. The van der Waals surface area contributed by atoms with Gasteiger partial charge >= 0.3 is 12.1 Å². The lowest BCUT2D eigenvalue weighted by Gasteiger charge is -2.23. The second-order valence-electron chi connectivity index (χ2n) is 7.46. The maximum Gasteiger partial charge on any atom is 0.434 e. The van der Waals surface area contributed by atoms with Crippen LogP contribution in [0.1, 0.15) is 28.9 Å². The molecule has 194 valence electrons. The topological polar surface area (TPSA) is 114 Å². The molecule has 8 nitrogen and oxygen atoms in total. The number of halogens is 3. The van der Waals surface area contributed by atoms with Gasteiger partial charge in [-0.25, -0.2) is 9.78 Å². The minimum Gasteiger partial charge on any atom is -0.497 e. The molecular formula is C25H28F3N3O5. The summed E-state index contributed by atoms with van der Waals surface area (Å²) in [6.45, 7) is 1.18. The fourth-order valence-corrected chi connectivity index (χ4v) is 3.22. The minimum absolute atomic E-state index is 0.00142. The number of nitrogens with one attached hydrogen (secondary N) is 1. The van der Waals surface area contributed by atoms with Crippen LogP contribution >= 0.6 is 0 Å². The highest BCUT2D eigenvalue weighted by atomic mass is 19.4. The SMILES string of the molecule is CO.COc1ccc(-c2ccc(C(=O)O)cc2)cc1.FC(F)(F)c1cncc(NC2CCCOC2)n1. The molecule has 11 heteroatoms. The Morgan fingerprint density at radius 1 is 1.06 bits per heavy atom. The molecule has 1 fully saturated rings. The summed E-state index contributed by atoms with van der Waals surface area (Å²) in [7, 11) is 2.62. The third kappa shape index (κ3) is 8.82. The van der Waals surface area contributed by atoms with E-state index in [0.29, 0.717) is 25.0 Å². The number of carboxylic acids is 1. The fraction of sp³-hybridized carbons (Fsp3) is 0.320. The van der Waals surface area contributed by atoms with E-state index in [1.807, 2.05) is 24.3 Å². The van der Waals surface area contributed by atoms with Gasteiger partial charge in [-0.3, -0.25) is 4.98 Å². The summed E-state index contributed by atoms with van der Waals surface area (Å²) in [6, 6.07) is 14.4. The van der Waals surface area contributed by atoms with Gasteiger partial charge in [0.1, 0.15) is 11.6 Å². The standard InChI is InChI=1S/C14H12O3.C10H12F3N3O.CH4O/c1-17-13-8-6-11(7-9-13)10-2-4-12(5-3-10)14(15)16;11-10(12,13)8-4-14-5-9(16-8)15-7-2-1-3-17-6-7;1-2/h2-9H,1H3,(H,15,16);4-5,7H,1-3,6H2,(H,15,16);2H,1H3. The highest BCUT2D eigenvalue weighted by Gasteiger charge is 2.33. The van der Waals surface area contributed by atoms with Crippen molar-refractivity contribution >= 4 is 11.8 Å². The number of benzene rings is 2. The molecule has 0 amide bonds. The van der Waals surface area contributed by atoms with Gasteiger partial charge in [0, 0.05) is 13.7 Å². The molecule has 2 aromatic carbocycles. The Kier molecular flexibility index (Phi) is 11.1. The Morgan fingerprint density at radius 3 is 2.17 bits per heavy atom. The highest BCUT2D eigenvalue weighted by Crippen LogP contribution is 2.27. The van der Waals surface area contributed by atoms with Crippen LogP contribution in [-0.4, -0.2) is 59.6 Å². The number of rotatable bonds is 5. The van der Waals surface area contributed by atoms with Gasteiger partial charge in [0.25, 0.3) is 0 Å². The number of carboxylic acid groups (broad SMARTS) is 1. The van der Waals surface area contributed by atoms with Crippen LogP contribution < -0.4 is 10.1 Å². The number of hydrogen-bond donors (Lipinski definition) is 3. The van der Waals surface area contributed by atoms with Crippen molar-refractivity contribution in [2.24, 2.45) is 0 Å². The molecule has 36 heavy (non-hydrogen) atoms. The number of aromatic nitrogens is 2. The number of aromatic carboxylic acids is 1. The van der Waals surface area contributed by atoms with Crippen molar-refractivity contribution in [1.29, 1.82) is 0 Å². The number of aliphatic hydroxyl groups is 1. The molecule has 1 aromatic heterocycles. The van der Waals surface area contributed by atoms with Crippen molar-refractivity contribution in [2.75, 3.05) is 32.8 Å². The van der Waals surface area contributed by atoms with Gasteiger partial charge in [-0.2, -0.15) is 13.2 Å². The molecule has 1 aliphatic rings. The van der Waals surface area contributed by atoms with Gasteiger partial charge in [-0.05, 0) is 48.2 Å². The molecule has 0 saturated carbocycles. The fourth-order valence-electron chi connectivity index (χ4n) is 3.22. The lowest BCUT2D eigenvalue weighted by Crippen LogP contribution is -2.30. The van der Waals surface area contributed by atoms with E-state index < -0.39 is 17.8 Å². The smallest absolute Gasteiger partial charge is 0.434 e. The number of nitrogens with zero attached hydrogens (tertiary/aromatic N) is 2. The molecule has 0 bridgehead atoms. The van der Waals surface area contributed by atoms with Crippen LogP contribution in [0.15, 0.2) is 60.9 Å². The number of aliphatic hydroxyl groups excluding tert-OH is 1. The first kappa shape index (κ1) is 28.5. The summed E-state index contributed by atoms with van der Waals surface area (Å²) >= 11 is 0. The molecule has 1 atom stereocenters. The van der Waals surface area contributed by atoms with E-state index in [1.54, 1.807) is 31.4 Å². The van der Waals surface area contributed by atoms with E-state index in [-0.39, 0.29) is 11.9 Å². The third-order valence-electron chi connectivity index (χ3n) is 4.99. The number of carbonyl (C=O) groups is 1. The molecule has 3 aromatic rings. The van der Waals surface area contributed by atoms with Crippen molar-refractivity contribution in [1.82, 2.24) is 9.97 Å². The van der Waals surface area contributed by atoms with E-state index in [0.717, 1.165) is 36.8 Å². The Bertz CT molecular complexity index is 1070. The Balaban J connectivity index is 0.000000237. The zero-order valence-electron chi connectivity index (χ0n) is 19.8. The molecule has 1 saturated heterocycles. The van der Waals surface area contributed by atoms with Crippen LogP contribution in [0.3, 0.4) is 0 Å². The highest BCUT2D eigenvalue weighted by molar-refractivity contribution is 5.88. The van der Waals surface area contributed by atoms with Crippen LogP contribution in [0.4, 0.5) is 19.0 Å². The largest absolute Gasteiger partial charge is 0.497 e. The molecule has 2 heterocycles. The summed E-state index contributed by atoms with van der Waals surface area (Å²) in [5, 5.41) is 18.7. The van der Waals surface area contributed by atoms with E-state index in [2.05, 4.69) is 15.3 Å². The van der Waals surface area contributed by atoms with Crippen LogP contribution in [0.2, 0.25) is 0 Å². The van der Waals surface area contributed by atoms with Crippen LogP contribution in [0.5, 0.6) is 5.75 Å². The van der Waals surface area contributed by atoms with E-state index in [4.69, 9.17) is 19.7 Å². The molecule has 3 N–H and O–H groups in total. The number of methoxy groups -OCH3 is 1. The van der Waals surface area contributed by atoms with Gasteiger partial charge in [-0.1, -0.05) is 24.3 Å². The van der Waals surface area contributed by atoms with Crippen molar-refractivity contribution < 1.29 is 37.7 Å². The van der Waals surface area contributed by atoms with Crippen molar-refractivity contribution in [2.45, 2.75) is 25.1 Å². The van der Waals surface area contributed by atoms with Crippen molar-refractivity contribution in [3.63, 3.8) is 0 Å². The Labute approximate surface area is 206 Å². The number of alkyl halides is 3. The third-order valence-corrected chi connectivity index (χ3v) is 4.99. The first-order valence-corrected chi connectivity index (χ1v) is 10.9. The summed E-state index contributed by atoms with van der Waals surface area (Å²) in [4.78, 5) is 17.7. The number of anilines is 1. The van der Waals surface area contributed by atoms with Gasteiger partial charge in [0.05, 0.1) is 37.7 Å². The van der Waals surface area contributed by atoms with Crippen LogP contribution in [0.25, 0.3) is 11.1 Å². The first-order chi connectivity index (χ1) is 17.3. The lowest BCUT2D eigenvalue weighted by molar-refractivity contribution is -0.141. The lowest BCUT2D eigenvalue weighted by atomic mass is 10.0. The molecule has 0 radical (unpaired) electrons. The zero-order valence-corrected chi connectivity index (χ0v) is 19.8. The minimum atomic E-state index is -4.46. The summed E-state index contributed by atoms with van der Waals surface area (Å²) in [6.07, 6.45) is -0.720. The molecule has 1 unspecified atom stereocenters. The van der Waals surface area contributed by atoms with Crippen LogP contribution in [0, 0.1) is 0 Å². The average molecular weight is 508 g/mol. The second kappa shape index (κ2) is 14.0. The first-order valence-electron chi connectivity index (χ1n) is 10.9. The maximum atomic E-state index is 12.4. The van der Waals surface area contributed by atoms with Crippen molar-refractivity contribution in [3.05, 3.63) is 72.2 Å². The monoisotopic (exact) mass is 507 g/mol. The average Bonchev–Trinajstić information content (AvgIpc) is 2.91. The van der Waals surface area contributed by atoms with Gasteiger partial charge in [-0.15, -0.1) is 0 Å². The zero-order chi connectivity index (χ0) is 26.6. The number of ether oxygens (including phenoxy) is 2. The summed E-state index contributed by atoms with van der Waals surface area (Å²) in [5.74, 6) is 0.0255. The second-order valence-corrected chi connectivity index (χ2v) is 7.46. The maximum absolute atomic E-state index is 12.4. The molecular weight excluding hydrogens is 479 g/mol. The predicted octanol–water partition coefficient (Wildman–Crippen LogP) is 4.76. The Hall–Kier alpha value is -3.70. The van der Waals surface area contributed by atoms with Gasteiger partial charge < -0.3 is 25.0 Å². The van der Waals surface area contributed by atoms with Crippen LogP contribution in [-0.2, 0) is 10.9 Å².